The third-order valence-corrected chi connectivity index (χ3v) is 3.21. The highest BCUT2D eigenvalue weighted by molar-refractivity contribution is 6.30. The molecule has 2 aromatic rings. The van der Waals surface area contributed by atoms with Crippen LogP contribution in [0.15, 0.2) is 42.5 Å². The van der Waals surface area contributed by atoms with Gasteiger partial charge in [-0.1, -0.05) is 24.6 Å². The van der Waals surface area contributed by atoms with Crippen molar-refractivity contribution >= 4 is 11.6 Å². The number of nitrogens with one attached hydrogen (secondary N) is 1. The van der Waals surface area contributed by atoms with Crippen LogP contribution in [-0.4, -0.2) is 6.54 Å². The molecule has 0 atom stereocenters. The highest BCUT2D eigenvalue weighted by atomic mass is 35.5. The van der Waals surface area contributed by atoms with E-state index in [0.29, 0.717) is 22.1 Å². The smallest absolute Gasteiger partial charge is 0.145 e. The molecular weight excluding hydrogens is 284 g/mol. The maximum absolute atomic E-state index is 9.27. The van der Waals surface area contributed by atoms with Gasteiger partial charge in [-0.25, -0.2) is 0 Å². The number of benzene rings is 2. The van der Waals surface area contributed by atoms with E-state index in [-0.39, 0.29) is 0 Å². The van der Waals surface area contributed by atoms with E-state index in [0.717, 1.165) is 25.1 Å². The fourth-order valence-electron chi connectivity index (χ4n) is 1.90. The van der Waals surface area contributed by atoms with E-state index in [1.54, 1.807) is 24.3 Å². The fraction of sp³-hybridized carbons (Fsp3) is 0.235. The summed E-state index contributed by atoms with van der Waals surface area (Å²) in [6.45, 7) is 3.84. The minimum Gasteiger partial charge on any atom is -0.456 e. The van der Waals surface area contributed by atoms with Crippen LogP contribution in [0.2, 0.25) is 5.02 Å². The second-order valence-corrected chi connectivity index (χ2v) is 5.11. The molecule has 0 amide bonds. The summed E-state index contributed by atoms with van der Waals surface area (Å²) in [6.07, 6.45) is 1.09. The van der Waals surface area contributed by atoms with Crippen LogP contribution >= 0.6 is 11.6 Å². The van der Waals surface area contributed by atoms with Crippen LogP contribution in [-0.2, 0) is 6.54 Å². The minimum absolute atomic E-state index is 0.528. The van der Waals surface area contributed by atoms with Gasteiger partial charge in [-0.3, -0.25) is 0 Å². The molecule has 3 nitrogen and oxygen atoms in total. The Morgan fingerprint density at radius 3 is 2.62 bits per heavy atom. The quantitative estimate of drug-likeness (QED) is 0.799. The summed E-state index contributed by atoms with van der Waals surface area (Å²) in [6, 6.07) is 14.9. The highest BCUT2D eigenvalue weighted by Crippen LogP contribution is 2.26. The largest absolute Gasteiger partial charge is 0.456 e. The Balaban J connectivity index is 2.12. The summed E-state index contributed by atoms with van der Waals surface area (Å²) in [4.78, 5) is 0. The molecule has 1 N–H and O–H groups in total. The third-order valence-electron chi connectivity index (χ3n) is 2.96. The van der Waals surface area contributed by atoms with Crippen molar-refractivity contribution in [2.75, 3.05) is 6.54 Å². The first-order valence-corrected chi connectivity index (χ1v) is 7.28. The fourth-order valence-corrected chi connectivity index (χ4v) is 2.03. The van der Waals surface area contributed by atoms with Gasteiger partial charge < -0.3 is 10.1 Å². The molecule has 0 saturated heterocycles. The lowest BCUT2D eigenvalue weighted by molar-refractivity contribution is 0.480. The Labute approximate surface area is 130 Å². The molecule has 2 rings (SSSR count). The Morgan fingerprint density at radius 2 is 1.95 bits per heavy atom. The van der Waals surface area contributed by atoms with Crippen LogP contribution < -0.4 is 10.1 Å². The zero-order valence-corrected chi connectivity index (χ0v) is 12.7. The van der Waals surface area contributed by atoms with Crippen molar-refractivity contribution in [3.05, 3.63) is 58.6 Å². The monoisotopic (exact) mass is 300 g/mol. The molecule has 108 valence electrons. The first-order chi connectivity index (χ1) is 10.2. The van der Waals surface area contributed by atoms with Crippen molar-refractivity contribution in [2.45, 2.75) is 19.9 Å². The zero-order chi connectivity index (χ0) is 15.1. The molecule has 0 bridgehead atoms. The molecule has 0 heterocycles. The maximum atomic E-state index is 9.27. The van der Waals surface area contributed by atoms with E-state index < -0.39 is 0 Å². The molecule has 21 heavy (non-hydrogen) atoms. The maximum Gasteiger partial charge on any atom is 0.145 e. The van der Waals surface area contributed by atoms with Crippen molar-refractivity contribution in [1.82, 2.24) is 5.32 Å². The topological polar surface area (TPSA) is 45.0 Å². The van der Waals surface area contributed by atoms with Gasteiger partial charge >= 0.3 is 0 Å². The van der Waals surface area contributed by atoms with Gasteiger partial charge in [0.15, 0.2) is 0 Å². The number of ether oxygens (including phenoxy) is 1. The van der Waals surface area contributed by atoms with E-state index in [9.17, 15) is 5.26 Å². The first-order valence-electron chi connectivity index (χ1n) is 6.90. The van der Waals surface area contributed by atoms with Crippen LogP contribution in [0.25, 0.3) is 0 Å². The summed E-state index contributed by atoms with van der Waals surface area (Å²) < 4.78 is 5.73. The second-order valence-electron chi connectivity index (χ2n) is 4.68. The van der Waals surface area contributed by atoms with Crippen LogP contribution in [0.3, 0.4) is 0 Å². The molecule has 0 spiro atoms. The van der Waals surface area contributed by atoms with Crippen molar-refractivity contribution in [2.24, 2.45) is 0 Å². The van der Waals surface area contributed by atoms with Crippen LogP contribution in [0.5, 0.6) is 11.5 Å². The second kappa shape index (κ2) is 7.68. The molecule has 0 aliphatic rings. The van der Waals surface area contributed by atoms with Gasteiger partial charge in [-0.05, 0) is 54.9 Å². The summed E-state index contributed by atoms with van der Waals surface area (Å²) in [5.41, 5.74) is 1.60. The van der Waals surface area contributed by atoms with Gasteiger partial charge in [0, 0.05) is 11.6 Å². The lowest BCUT2D eigenvalue weighted by Gasteiger charge is -2.09. The SMILES string of the molecule is CCCNCc1ccc(Oc2ccc(Cl)cc2)c(C#N)c1. The number of rotatable bonds is 6. The molecular formula is C17H17ClN2O. The number of hydrogen-bond acceptors (Lipinski definition) is 3. The van der Waals surface area contributed by atoms with Gasteiger partial charge in [0.2, 0.25) is 0 Å². The Kier molecular flexibility index (Phi) is 5.62. The average molecular weight is 301 g/mol. The van der Waals surface area contributed by atoms with E-state index in [1.165, 1.54) is 0 Å². The Hall–Kier alpha value is -2.02. The van der Waals surface area contributed by atoms with Crippen molar-refractivity contribution in [1.29, 1.82) is 5.26 Å². The Morgan fingerprint density at radius 1 is 1.19 bits per heavy atom. The van der Waals surface area contributed by atoms with E-state index in [1.807, 2.05) is 18.2 Å². The summed E-state index contributed by atoms with van der Waals surface area (Å²) >= 11 is 5.84. The van der Waals surface area contributed by atoms with E-state index >= 15 is 0 Å². The lowest BCUT2D eigenvalue weighted by Crippen LogP contribution is -2.13. The molecule has 0 aliphatic heterocycles. The van der Waals surface area contributed by atoms with Gasteiger partial charge in [-0.15, -0.1) is 0 Å². The van der Waals surface area contributed by atoms with E-state index in [2.05, 4.69) is 18.3 Å². The predicted molar refractivity (Wildman–Crippen MR) is 84.7 cm³/mol. The number of nitriles is 1. The summed E-state index contributed by atoms with van der Waals surface area (Å²) in [7, 11) is 0. The first kappa shape index (κ1) is 15.4. The van der Waals surface area contributed by atoms with Gasteiger partial charge in [0.1, 0.15) is 17.6 Å². The molecule has 2 aromatic carbocycles. The number of hydrogen-bond donors (Lipinski definition) is 1. The molecule has 0 unspecified atom stereocenters. The summed E-state index contributed by atoms with van der Waals surface area (Å²) in [5.74, 6) is 1.21. The average Bonchev–Trinajstić information content (AvgIpc) is 2.51. The van der Waals surface area contributed by atoms with Crippen LogP contribution in [0, 0.1) is 11.3 Å². The standard InChI is InChI=1S/C17H17ClN2O/c1-2-9-20-12-13-3-8-17(14(10-13)11-19)21-16-6-4-15(18)5-7-16/h3-8,10,20H,2,9,12H2,1H3. The molecule has 0 saturated carbocycles. The van der Waals surface area contributed by atoms with Gasteiger partial charge in [0.05, 0.1) is 5.56 Å². The van der Waals surface area contributed by atoms with Crippen LogP contribution in [0.4, 0.5) is 0 Å². The van der Waals surface area contributed by atoms with Gasteiger partial charge in [-0.2, -0.15) is 5.26 Å². The number of halogens is 1. The van der Waals surface area contributed by atoms with E-state index in [4.69, 9.17) is 16.3 Å². The number of nitrogens with zero attached hydrogens (tertiary/aromatic N) is 1. The molecule has 0 radical (unpaired) electrons. The molecule has 4 heteroatoms. The summed E-state index contributed by atoms with van der Waals surface area (Å²) in [5, 5.41) is 13.2. The van der Waals surface area contributed by atoms with Gasteiger partial charge in [0.25, 0.3) is 0 Å². The normalized spacial score (nSPS) is 10.1. The predicted octanol–water partition coefficient (Wildman–Crippen LogP) is 4.50. The van der Waals surface area contributed by atoms with Crippen molar-refractivity contribution < 1.29 is 4.74 Å². The van der Waals surface area contributed by atoms with Crippen LogP contribution in [0.1, 0.15) is 24.5 Å². The highest BCUT2D eigenvalue weighted by Gasteiger charge is 2.06. The minimum atomic E-state index is 0.528. The zero-order valence-electron chi connectivity index (χ0n) is 11.9. The lowest BCUT2D eigenvalue weighted by atomic mass is 10.1. The molecule has 0 aromatic heterocycles. The van der Waals surface area contributed by atoms with Crippen molar-refractivity contribution in [3.8, 4) is 17.6 Å². The molecule has 0 aliphatic carbocycles. The Bertz CT molecular complexity index is 632. The van der Waals surface area contributed by atoms with Crippen molar-refractivity contribution in [3.63, 3.8) is 0 Å². The third kappa shape index (κ3) is 4.49. The molecule has 0 fully saturated rings.